The van der Waals surface area contributed by atoms with E-state index < -0.39 is 5.76 Å². The lowest BCUT2D eigenvalue weighted by atomic mass is 10.2. The second-order valence-electron chi connectivity index (χ2n) is 3.99. The lowest BCUT2D eigenvalue weighted by Crippen LogP contribution is -2.01. The van der Waals surface area contributed by atoms with Crippen LogP contribution in [0, 0.1) is 5.82 Å². The molecular weight excluding hydrogens is 351 g/mol. The summed E-state index contributed by atoms with van der Waals surface area (Å²) in [5.41, 5.74) is 1.29. The second-order valence-corrected chi connectivity index (χ2v) is 5.97. The van der Waals surface area contributed by atoms with Crippen LogP contribution < -0.4 is 5.32 Å². The number of hydrogen-bond acceptors (Lipinski definition) is 2. The smallest absolute Gasteiger partial charge is 0.288 e. The number of nitrogens with one attached hydrogen (secondary N) is 1. The van der Waals surface area contributed by atoms with Gasteiger partial charge < -0.3 is 5.32 Å². The van der Waals surface area contributed by atoms with E-state index in [2.05, 4.69) is 21.2 Å². The van der Waals surface area contributed by atoms with Gasteiger partial charge in [0.25, 0.3) is 5.76 Å². The number of benzene rings is 2. The van der Waals surface area contributed by atoms with Gasteiger partial charge in [0, 0.05) is 27.2 Å². The summed E-state index contributed by atoms with van der Waals surface area (Å²) in [7, 11) is 0. The van der Waals surface area contributed by atoms with Gasteiger partial charge in [-0.3, -0.25) is 0 Å². The summed E-state index contributed by atoms with van der Waals surface area (Å²) in [5.74, 6) is -2.71. The molecule has 2 aromatic carbocycles. The highest BCUT2D eigenvalue weighted by molar-refractivity contribution is 9.10. The van der Waals surface area contributed by atoms with Crippen molar-refractivity contribution in [3.63, 3.8) is 0 Å². The number of hydrogen-bond donors (Lipinski definition) is 1. The highest BCUT2D eigenvalue weighted by atomic mass is 79.9. The molecule has 6 heteroatoms. The maximum absolute atomic E-state index is 13.5. The zero-order valence-corrected chi connectivity index (χ0v) is 12.6. The van der Waals surface area contributed by atoms with E-state index >= 15 is 0 Å². The van der Waals surface area contributed by atoms with Gasteiger partial charge in [-0.15, -0.1) is 0 Å². The van der Waals surface area contributed by atoms with Gasteiger partial charge >= 0.3 is 0 Å². The third-order valence-electron chi connectivity index (χ3n) is 2.57. The van der Waals surface area contributed by atoms with Crippen LogP contribution in [0.15, 0.2) is 51.8 Å². The molecule has 106 valence electrons. The fourth-order valence-corrected chi connectivity index (χ4v) is 2.54. The maximum atomic E-state index is 13.5. The number of anilines is 1. The van der Waals surface area contributed by atoms with Crippen molar-refractivity contribution in [2.45, 2.75) is 17.2 Å². The van der Waals surface area contributed by atoms with E-state index in [4.69, 9.17) is 0 Å². The van der Waals surface area contributed by atoms with Crippen LogP contribution in [0.25, 0.3) is 0 Å². The van der Waals surface area contributed by atoms with E-state index in [1.807, 2.05) is 0 Å². The predicted molar refractivity (Wildman–Crippen MR) is 79.7 cm³/mol. The van der Waals surface area contributed by atoms with Crippen molar-refractivity contribution < 1.29 is 13.2 Å². The van der Waals surface area contributed by atoms with Gasteiger partial charge in [0.15, 0.2) is 0 Å². The minimum atomic E-state index is -2.43. The first-order chi connectivity index (χ1) is 9.54. The molecule has 0 amide bonds. The van der Waals surface area contributed by atoms with Gasteiger partial charge in [-0.25, -0.2) is 4.39 Å². The zero-order chi connectivity index (χ0) is 14.5. The predicted octanol–water partition coefficient (Wildman–Crippen LogP) is 5.52. The molecule has 0 bridgehead atoms. The highest BCUT2D eigenvalue weighted by Crippen LogP contribution is 2.26. The number of alkyl halides is 2. The lowest BCUT2D eigenvalue weighted by Gasteiger charge is -2.09. The Balaban J connectivity index is 1.98. The van der Waals surface area contributed by atoms with Gasteiger partial charge in [-0.05, 0) is 42.5 Å². The first kappa shape index (κ1) is 15.3. The first-order valence-electron chi connectivity index (χ1n) is 5.77. The minimum Gasteiger partial charge on any atom is -0.381 e. The van der Waals surface area contributed by atoms with Crippen molar-refractivity contribution in [3.05, 3.63) is 58.3 Å². The van der Waals surface area contributed by atoms with E-state index in [1.54, 1.807) is 36.4 Å². The molecule has 0 unspecified atom stereocenters. The average Bonchev–Trinajstić information content (AvgIpc) is 2.41. The second kappa shape index (κ2) is 7.04. The summed E-state index contributed by atoms with van der Waals surface area (Å²) < 4.78 is 38.7. The Labute approximate surface area is 127 Å². The Bertz CT molecular complexity index is 575. The SMILES string of the molecule is Fc1ccc(Br)cc1CNc1ccc(SC(F)F)cc1. The van der Waals surface area contributed by atoms with E-state index in [0.717, 1.165) is 10.2 Å². The van der Waals surface area contributed by atoms with Crippen LogP contribution in [0.5, 0.6) is 0 Å². The van der Waals surface area contributed by atoms with E-state index in [1.165, 1.54) is 6.07 Å². The summed E-state index contributed by atoms with van der Waals surface area (Å²) >= 11 is 3.79. The molecule has 0 aliphatic carbocycles. The molecule has 2 aromatic rings. The van der Waals surface area contributed by atoms with Crippen molar-refractivity contribution in [2.75, 3.05) is 5.32 Å². The molecule has 0 fully saturated rings. The van der Waals surface area contributed by atoms with Crippen molar-refractivity contribution >= 4 is 33.4 Å². The first-order valence-corrected chi connectivity index (χ1v) is 7.44. The van der Waals surface area contributed by atoms with Crippen molar-refractivity contribution in [1.29, 1.82) is 0 Å². The third kappa shape index (κ3) is 4.45. The zero-order valence-electron chi connectivity index (χ0n) is 10.2. The molecule has 0 spiro atoms. The molecule has 0 aliphatic rings. The molecule has 0 atom stereocenters. The molecule has 1 nitrogen and oxygen atoms in total. The average molecular weight is 362 g/mol. The summed E-state index contributed by atoms with van der Waals surface area (Å²) in [5, 5.41) is 3.05. The fourth-order valence-electron chi connectivity index (χ4n) is 1.63. The highest BCUT2D eigenvalue weighted by Gasteiger charge is 2.05. The van der Waals surface area contributed by atoms with Gasteiger partial charge in [-0.2, -0.15) is 8.78 Å². The standard InChI is InChI=1S/C14H11BrF3NS/c15-10-1-6-13(16)9(7-10)8-19-11-2-4-12(5-3-11)20-14(17)18/h1-7,14,19H,8H2. The van der Waals surface area contributed by atoms with Crippen molar-refractivity contribution in [3.8, 4) is 0 Å². The summed E-state index contributed by atoms with van der Waals surface area (Å²) in [6.07, 6.45) is 0. The van der Waals surface area contributed by atoms with Crippen LogP contribution in [0.1, 0.15) is 5.56 Å². The van der Waals surface area contributed by atoms with Gasteiger partial charge in [0.2, 0.25) is 0 Å². The van der Waals surface area contributed by atoms with Crippen molar-refractivity contribution in [1.82, 2.24) is 0 Å². The van der Waals surface area contributed by atoms with Gasteiger partial charge in [0.05, 0.1) is 0 Å². The van der Waals surface area contributed by atoms with Gasteiger partial charge in [0.1, 0.15) is 5.82 Å². The number of rotatable bonds is 5. The Kier molecular flexibility index (Phi) is 5.37. The third-order valence-corrected chi connectivity index (χ3v) is 3.79. The topological polar surface area (TPSA) is 12.0 Å². The largest absolute Gasteiger partial charge is 0.381 e. The molecule has 1 N–H and O–H groups in total. The van der Waals surface area contributed by atoms with E-state index in [0.29, 0.717) is 28.8 Å². The normalized spacial score (nSPS) is 10.8. The summed E-state index contributed by atoms with van der Waals surface area (Å²) in [6.45, 7) is 0.326. The summed E-state index contributed by atoms with van der Waals surface area (Å²) in [4.78, 5) is 0.499. The molecular formula is C14H11BrF3NS. The molecule has 20 heavy (non-hydrogen) atoms. The number of halogens is 4. The Morgan fingerprint density at radius 1 is 1.10 bits per heavy atom. The monoisotopic (exact) mass is 361 g/mol. The van der Waals surface area contributed by atoms with Crippen LogP contribution in [-0.2, 0) is 6.54 Å². The van der Waals surface area contributed by atoms with Crippen LogP contribution in [-0.4, -0.2) is 5.76 Å². The van der Waals surface area contributed by atoms with Crippen LogP contribution in [0.2, 0.25) is 0 Å². The molecule has 2 rings (SSSR count). The van der Waals surface area contributed by atoms with Crippen LogP contribution in [0.4, 0.5) is 18.9 Å². The minimum absolute atomic E-state index is 0.287. The molecule has 0 heterocycles. The quantitative estimate of drug-likeness (QED) is 0.704. The van der Waals surface area contributed by atoms with Crippen LogP contribution >= 0.6 is 27.7 Å². The van der Waals surface area contributed by atoms with Crippen LogP contribution in [0.3, 0.4) is 0 Å². The van der Waals surface area contributed by atoms with E-state index in [9.17, 15) is 13.2 Å². The molecule has 0 saturated carbocycles. The van der Waals surface area contributed by atoms with Gasteiger partial charge in [-0.1, -0.05) is 27.7 Å². The Morgan fingerprint density at radius 3 is 2.45 bits per heavy atom. The Morgan fingerprint density at radius 2 is 1.80 bits per heavy atom. The maximum Gasteiger partial charge on any atom is 0.288 e. The summed E-state index contributed by atoms with van der Waals surface area (Å²) in [6, 6.07) is 11.3. The molecule has 0 saturated heterocycles. The molecule has 0 aromatic heterocycles. The van der Waals surface area contributed by atoms with Crippen molar-refractivity contribution in [2.24, 2.45) is 0 Å². The lowest BCUT2D eigenvalue weighted by molar-refractivity contribution is 0.252. The Hall–Kier alpha value is -1.14. The fraction of sp³-hybridized carbons (Fsp3) is 0.143. The number of thioether (sulfide) groups is 1. The van der Waals surface area contributed by atoms with E-state index in [-0.39, 0.29) is 5.82 Å². The molecule has 0 aliphatic heterocycles. The molecule has 0 radical (unpaired) electrons.